The topological polar surface area (TPSA) is 41.8 Å². The van der Waals surface area contributed by atoms with Crippen LogP contribution in [0.3, 0.4) is 0 Å². The van der Waals surface area contributed by atoms with Gasteiger partial charge in [-0.3, -0.25) is 0 Å². The summed E-state index contributed by atoms with van der Waals surface area (Å²) in [5.74, 6) is 1.93. The molecule has 0 spiro atoms. The lowest BCUT2D eigenvalue weighted by atomic mass is 10.5. The Morgan fingerprint density at radius 2 is 2.30 bits per heavy atom. The van der Waals surface area contributed by atoms with Crippen LogP contribution in [0.15, 0.2) is 27.9 Å². The second-order valence-corrected chi connectivity index (χ2v) is 2.83. The van der Waals surface area contributed by atoms with Crippen molar-refractivity contribution in [2.75, 3.05) is 0 Å². The molecule has 0 aliphatic carbocycles. The Hall–Kier alpha value is -1.08. The molecule has 2 amide bonds. The van der Waals surface area contributed by atoms with Gasteiger partial charge in [0.05, 0.1) is 5.36 Å². The van der Waals surface area contributed by atoms with E-state index in [4.69, 9.17) is 0 Å². The van der Waals surface area contributed by atoms with Crippen LogP contribution >= 0.6 is 8.19 Å². The van der Waals surface area contributed by atoms with Crippen molar-refractivity contribution in [1.29, 1.82) is 0 Å². The molecule has 48 valence electrons. The van der Waals surface area contributed by atoms with E-state index in [1.165, 1.54) is 0 Å². The molecular weight excluding hydrogens is 147 g/mol. The molecule has 0 fully saturated rings. The third kappa shape index (κ3) is 0.755. The number of carbonyl (C=O) groups is 1. The molecule has 0 radical (unpaired) electrons. The normalized spacial score (nSPS) is 14.6. The number of hydrogen-bond acceptors (Lipinski definition) is 1. The lowest BCUT2D eigenvalue weighted by Gasteiger charge is -1.74. The molecule has 0 saturated heterocycles. The van der Waals surface area contributed by atoms with Crippen LogP contribution in [0.2, 0.25) is 0 Å². The summed E-state index contributed by atoms with van der Waals surface area (Å²) in [5.41, 5.74) is 0. The molecule has 1 aromatic rings. The number of rotatable bonds is 0. The van der Waals surface area contributed by atoms with E-state index < -0.39 is 0 Å². The Balaban J connectivity index is 2.96. The van der Waals surface area contributed by atoms with Gasteiger partial charge in [-0.15, -0.1) is 0 Å². The summed E-state index contributed by atoms with van der Waals surface area (Å²) in [6, 6.07) is 3.29. The summed E-state index contributed by atoms with van der Waals surface area (Å²) in [5, 5.41) is 1.49. The number of carbonyl (C=O) groups excluding carboxylic acids is 1. The molecule has 3 nitrogen and oxygen atoms in total. The van der Waals surface area contributed by atoms with Crippen molar-refractivity contribution in [3.63, 3.8) is 0 Å². The quantitative estimate of drug-likeness (QED) is 0.535. The Bertz CT molecular complexity index is 361. The minimum absolute atomic E-state index is 0.377. The number of hydrogen-bond donors (Lipinski definition) is 0. The maximum absolute atomic E-state index is 10.6. The average Bonchev–Trinajstić information content (AvgIpc) is 2.27. The summed E-state index contributed by atoms with van der Waals surface area (Å²) in [7, 11) is 0.966. The molecule has 2 rings (SSSR count). The molecule has 1 aliphatic heterocycles. The third-order valence-electron chi connectivity index (χ3n) is 1.18. The molecule has 0 aromatic carbocycles. The minimum Gasteiger partial charge on any atom is -0.244 e. The van der Waals surface area contributed by atoms with Gasteiger partial charge in [-0.2, -0.15) is 9.98 Å². The first-order chi connectivity index (χ1) is 4.86. The molecule has 0 atom stereocenters. The molecule has 2 heterocycles. The van der Waals surface area contributed by atoms with Gasteiger partial charge in [-0.1, -0.05) is 6.07 Å². The van der Waals surface area contributed by atoms with Gasteiger partial charge in [0.25, 0.3) is 0 Å². The molecular formula is C6H3N2OP. The number of fused-ring (bicyclic) bond motifs is 1. The Kier molecular flexibility index (Phi) is 1.11. The van der Waals surface area contributed by atoms with E-state index in [9.17, 15) is 4.79 Å². The van der Waals surface area contributed by atoms with Gasteiger partial charge in [0, 0.05) is 0 Å². The maximum Gasteiger partial charge on any atom is 0.368 e. The van der Waals surface area contributed by atoms with Gasteiger partial charge < -0.3 is 0 Å². The highest BCUT2D eigenvalue weighted by Gasteiger charge is 2.01. The van der Waals surface area contributed by atoms with Gasteiger partial charge in [0.1, 0.15) is 5.09 Å². The van der Waals surface area contributed by atoms with Crippen LogP contribution in [0, 0.1) is 0 Å². The van der Waals surface area contributed by atoms with Crippen LogP contribution < -0.4 is 10.4 Å². The van der Waals surface area contributed by atoms with Gasteiger partial charge in [0.2, 0.25) is 0 Å². The Labute approximate surface area is 58.2 Å². The number of amides is 2. The van der Waals surface area contributed by atoms with Crippen molar-refractivity contribution in [1.82, 2.24) is 0 Å². The van der Waals surface area contributed by atoms with Crippen molar-refractivity contribution in [3.8, 4) is 0 Å². The minimum atomic E-state index is -0.377. The van der Waals surface area contributed by atoms with E-state index in [-0.39, 0.29) is 6.03 Å². The molecule has 0 N–H and O–H groups in total. The summed E-state index contributed by atoms with van der Waals surface area (Å²) in [6.45, 7) is 0. The van der Waals surface area contributed by atoms with Gasteiger partial charge >= 0.3 is 6.03 Å². The maximum atomic E-state index is 10.6. The summed E-state index contributed by atoms with van der Waals surface area (Å²) >= 11 is 0. The number of nitrogens with zero attached hydrogens (tertiary/aromatic N) is 2. The zero-order valence-electron chi connectivity index (χ0n) is 4.98. The van der Waals surface area contributed by atoms with Gasteiger partial charge in [-0.25, -0.2) is 4.79 Å². The standard InChI is InChI=1S/C6H3N2OP/c9-6-7-4-2-1-3-10-5(4)8-6/h1-3H. The fourth-order valence-electron chi connectivity index (χ4n) is 0.781. The van der Waals surface area contributed by atoms with E-state index in [1.807, 2.05) is 11.9 Å². The van der Waals surface area contributed by atoms with Crippen LogP contribution in [0.4, 0.5) is 4.79 Å². The zero-order valence-corrected chi connectivity index (χ0v) is 5.88. The predicted octanol–water partition coefficient (Wildman–Crippen LogP) is 0.639. The van der Waals surface area contributed by atoms with Crippen molar-refractivity contribution < 1.29 is 4.79 Å². The molecule has 10 heavy (non-hydrogen) atoms. The fourth-order valence-corrected chi connectivity index (χ4v) is 1.49. The van der Waals surface area contributed by atoms with E-state index in [1.54, 1.807) is 6.07 Å². The summed E-state index contributed by atoms with van der Waals surface area (Å²) < 4.78 is 0. The average molecular weight is 150 g/mol. The van der Waals surface area contributed by atoms with Gasteiger partial charge in [-0.05, 0) is 20.1 Å². The highest BCUT2D eigenvalue weighted by molar-refractivity contribution is 7.27. The Morgan fingerprint density at radius 1 is 1.40 bits per heavy atom. The molecule has 0 unspecified atom stereocenters. The van der Waals surface area contributed by atoms with Crippen molar-refractivity contribution >= 4 is 14.2 Å². The monoisotopic (exact) mass is 150 g/mol. The zero-order chi connectivity index (χ0) is 6.97. The summed E-state index contributed by atoms with van der Waals surface area (Å²) in [4.78, 5) is 17.9. The van der Waals surface area contributed by atoms with Crippen LogP contribution in [0.5, 0.6) is 0 Å². The molecule has 0 saturated carbocycles. The van der Waals surface area contributed by atoms with E-state index in [0.717, 1.165) is 13.3 Å². The Morgan fingerprint density at radius 3 is 3.10 bits per heavy atom. The van der Waals surface area contributed by atoms with E-state index >= 15 is 0 Å². The second kappa shape index (κ2) is 1.96. The first-order valence-corrected chi connectivity index (χ1v) is 3.75. The molecule has 1 aromatic heterocycles. The smallest absolute Gasteiger partial charge is 0.244 e. The van der Waals surface area contributed by atoms with Crippen molar-refractivity contribution in [2.45, 2.75) is 0 Å². The molecule has 4 heteroatoms. The highest BCUT2D eigenvalue weighted by atomic mass is 31.0. The SMILES string of the molecule is O=C1N=c2cccpc2=N1. The lowest BCUT2D eigenvalue weighted by molar-refractivity contribution is 0.257. The van der Waals surface area contributed by atoms with Crippen LogP contribution in [0.1, 0.15) is 0 Å². The fraction of sp³-hybridized carbons (Fsp3) is 0. The van der Waals surface area contributed by atoms with Crippen LogP contribution in [-0.4, -0.2) is 6.03 Å². The molecule has 0 bridgehead atoms. The second-order valence-electron chi connectivity index (χ2n) is 1.85. The largest absolute Gasteiger partial charge is 0.368 e. The van der Waals surface area contributed by atoms with Crippen molar-refractivity contribution in [3.05, 3.63) is 28.4 Å². The highest BCUT2D eigenvalue weighted by Crippen LogP contribution is 1.93. The van der Waals surface area contributed by atoms with Crippen LogP contribution in [-0.2, 0) is 0 Å². The summed E-state index contributed by atoms with van der Waals surface area (Å²) in [6.07, 6.45) is 0. The van der Waals surface area contributed by atoms with E-state index in [0.29, 0.717) is 5.36 Å². The molecule has 1 aliphatic rings. The van der Waals surface area contributed by atoms with Gasteiger partial charge in [0.15, 0.2) is 0 Å². The van der Waals surface area contributed by atoms with E-state index in [2.05, 4.69) is 9.98 Å². The first kappa shape index (κ1) is 5.69. The third-order valence-corrected chi connectivity index (χ3v) is 2.08. The lowest BCUT2D eigenvalue weighted by Crippen LogP contribution is -2.16. The van der Waals surface area contributed by atoms with Crippen molar-refractivity contribution in [2.24, 2.45) is 9.98 Å². The predicted molar refractivity (Wildman–Crippen MR) is 36.7 cm³/mol. The first-order valence-electron chi connectivity index (χ1n) is 2.79. The van der Waals surface area contributed by atoms with Crippen LogP contribution in [0.25, 0.3) is 0 Å². The number of urea groups is 1.